The summed E-state index contributed by atoms with van der Waals surface area (Å²) in [5.74, 6) is 7.31. The summed E-state index contributed by atoms with van der Waals surface area (Å²) in [7, 11) is 1.64. The van der Waals surface area contributed by atoms with E-state index in [0.29, 0.717) is 24.1 Å². The molecular formula is C13H24N4O2. The van der Waals surface area contributed by atoms with E-state index < -0.39 is 0 Å². The Morgan fingerprint density at radius 3 is 2.42 bits per heavy atom. The fourth-order valence-corrected chi connectivity index (χ4v) is 1.55. The van der Waals surface area contributed by atoms with Crippen LogP contribution in [0.25, 0.3) is 0 Å². The van der Waals surface area contributed by atoms with E-state index in [-0.39, 0.29) is 11.5 Å². The number of methoxy groups -OCH3 is 1. The number of anilines is 1. The lowest BCUT2D eigenvalue weighted by Gasteiger charge is -2.21. The van der Waals surface area contributed by atoms with Crippen LogP contribution in [-0.2, 0) is 10.2 Å². The number of hydrogen-bond acceptors (Lipinski definition) is 6. The topological polar surface area (TPSA) is 82.3 Å². The van der Waals surface area contributed by atoms with Gasteiger partial charge >= 0.3 is 0 Å². The maximum Gasteiger partial charge on any atom is 0.222 e. The summed E-state index contributed by atoms with van der Waals surface area (Å²) in [4.78, 5) is 8.91. The van der Waals surface area contributed by atoms with Gasteiger partial charge in [0.05, 0.1) is 12.2 Å². The molecule has 0 amide bonds. The predicted molar refractivity (Wildman–Crippen MR) is 75.2 cm³/mol. The summed E-state index contributed by atoms with van der Waals surface area (Å²) in [6.07, 6.45) is -0.0861. The lowest BCUT2D eigenvalue weighted by Crippen LogP contribution is -2.24. The second-order valence-electron chi connectivity index (χ2n) is 5.60. The number of aromatic nitrogens is 2. The standard InChI is InChI=1S/C13H24N4O2/c1-8(7-18-6)19-11-9(2)10(17-14)15-12(16-11)13(3,4)5/h8H,7,14H2,1-6H3,(H,15,16,17). The van der Waals surface area contributed by atoms with Gasteiger partial charge in [-0.25, -0.2) is 10.8 Å². The fourth-order valence-electron chi connectivity index (χ4n) is 1.55. The second kappa shape index (κ2) is 6.16. The number of hydrogen-bond donors (Lipinski definition) is 2. The first kappa shape index (κ1) is 15.7. The summed E-state index contributed by atoms with van der Waals surface area (Å²) in [5.41, 5.74) is 3.20. The summed E-state index contributed by atoms with van der Waals surface area (Å²) in [6, 6.07) is 0. The highest BCUT2D eigenvalue weighted by atomic mass is 16.5. The molecule has 1 aromatic rings. The number of nitrogen functional groups attached to an aromatic ring is 1. The van der Waals surface area contributed by atoms with Gasteiger partial charge in [0.1, 0.15) is 11.9 Å². The Morgan fingerprint density at radius 2 is 1.95 bits per heavy atom. The van der Waals surface area contributed by atoms with Gasteiger partial charge < -0.3 is 14.9 Å². The molecule has 6 heteroatoms. The monoisotopic (exact) mass is 268 g/mol. The molecule has 0 aliphatic heterocycles. The summed E-state index contributed by atoms with van der Waals surface area (Å²) < 4.78 is 10.9. The van der Waals surface area contributed by atoms with E-state index in [4.69, 9.17) is 15.3 Å². The van der Waals surface area contributed by atoms with Gasteiger partial charge in [0.15, 0.2) is 5.82 Å². The van der Waals surface area contributed by atoms with Crippen LogP contribution in [0.5, 0.6) is 5.88 Å². The van der Waals surface area contributed by atoms with Gasteiger partial charge in [-0.05, 0) is 13.8 Å². The summed E-state index contributed by atoms with van der Waals surface area (Å²) >= 11 is 0. The molecule has 1 aromatic heterocycles. The van der Waals surface area contributed by atoms with Crippen molar-refractivity contribution in [3.8, 4) is 5.88 Å². The van der Waals surface area contributed by atoms with Gasteiger partial charge in [-0.3, -0.25) is 0 Å². The van der Waals surface area contributed by atoms with Crippen LogP contribution in [0.3, 0.4) is 0 Å². The van der Waals surface area contributed by atoms with Crippen LogP contribution >= 0.6 is 0 Å². The van der Waals surface area contributed by atoms with Crippen molar-refractivity contribution in [3.63, 3.8) is 0 Å². The van der Waals surface area contributed by atoms with Crippen LogP contribution in [0.2, 0.25) is 0 Å². The third-order valence-corrected chi connectivity index (χ3v) is 2.62. The highest BCUT2D eigenvalue weighted by molar-refractivity contribution is 5.48. The smallest absolute Gasteiger partial charge is 0.222 e. The van der Waals surface area contributed by atoms with Crippen LogP contribution < -0.4 is 16.0 Å². The van der Waals surface area contributed by atoms with Crippen molar-refractivity contribution in [1.82, 2.24) is 9.97 Å². The Bertz CT molecular complexity index is 429. The van der Waals surface area contributed by atoms with E-state index in [1.165, 1.54) is 0 Å². The Labute approximate surface area is 114 Å². The van der Waals surface area contributed by atoms with Crippen LogP contribution in [-0.4, -0.2) is 29.8 Å². The Balaban J connectivity index is 3.15. The first-order chi connectivity index (χ1) is 8.79. The van der Waals surface area contributed by atoms with Crippen molar-refractivity contribution in [2.45, 2.75) is 46.1 Å². The first-order valence-electron chi connectivity index (χ1n) is 6.31. The molecular weight excluding hydrogens is 244 g/mol. The number of ether oxygens (including phenoxy) is 2. The Kier molecular flexibility index (Phi) is 5.08. The lowest BCUT2D eigenvalue weighted by atomic mass is 9.95. The molecule has 0 bridgehead atoms. The van der Waals surface area contributed by atoms with Crippen LogP contribution in [0.4, 0.5) is 5.82 Å². The number of nitrogens with one attached hydrogen (secondary N) is 1. The average Bonchev–Trinajstić information content (AvgIpc) is 2.30. The molecule has 108 valence electrons. The van der Waals surface area contributed by atoms with Gasteiger partial charge in [0.2, 0.25) is 5.88 Å². The summed E-state index contributed by atoms with van der Waals surface area (Å²) in [5, 5.41) is 0. The molecule has 3 N–H and O–H groups in total. The minimum Gasteiger partial charge on any atom is -0.472 e. The summed E-state index contributed by atoms with van der Waals surface area (Å²) in [6.45, 7) is 10.4. The normalized spacial score (nSPS) is 13.2. The van der Waals surface area contributed by atoms with Crippen LogP contribution in [0.1, 0.15) is 39.1 Å². The molecule has 19 heavy (non-hydrogen) atoms. The SMILES string of the molecule is COCC(C)Oc1nc(C(C)(C)C)nc(NN)c1C. The van der Waals surface area contributed by atoms with Crippen molar-refractivity contribution < 1.29 is 9.47 Å². The molecule has 0 saturated carbocycles. The molecule has 1 atom stereocenters. The van der Waals surface area contributed by atoms with Crippen LogP contribution in [0.15, 0.2) is 0 Å². The van der Waals surface area contributed by atoms with E-state index in [1.807, 2.05) is 34.6 Å². The van der Waals surface area contributed by atoms with Gasteiger partial charge in [0.25, 0.3) is 0 Å². The van der Waals surface area contributed by atoms with Gasteiger partial charge in [0, 0.05) is 12.5 Å². The molecule has 0 aliphatic rings. The Morgan fingerprint density at radius 1 is 1.32 bits per heavy atom. The number of nitrogens with zero attached hydrogens (tertiary/aromatic N) is 2. The molecule has 6 nitrogen and oxygen atoms in total. The molecule has 0 aromatic carbocycles. The number of rotatable bonds is 5. The van der Waals surface area contributed by atoms with E-state index >= 15 is 0 Å². The maximum atomic E-state index is 5.79. The highest BCUT2D eigenvalue weighted by Gasteiger charge is 2.22. The van der Waals surface area contributed by atoms with Crippen molar-refractivity contribution in [2.75, 3.05) is 19.1 Å². The van der Waals surface area contributed by atoms with E-state index in [0.717, 1.165) is 5.56 Å². The first-order valence-corrected chi connectivity index (χ1v) is 6.31. The fraction of sp³-hybridized carbons (Fsp3) is 0.692. The predicted octanol–water partition coefficient (Wildman–Crippen LogP) is 1.78. The van der Waals surface area contributed by atoms with E-state index in [2.05, 4.69) is 15.4 Å². The zero-order valence-corrected chi connectivity index (χ0v) is 12.6. The van der Waals surface area contributed by atoms with Crippen molar-refractivity contribution in [1.29, 1.82) is 0 Å². The minimum absolute atomic E-state index is 0.0861. The Hall–Kier alpha value is -1.40. The largest absolute Gasteiger partial charge is 0.472 e. The third-order valence-electron chi connectivity index (χ3n) is 2.62. The molecule has 0 saturated heterocycles. The van der Waals surface area contributed by atoms with E-state index in [1.54, 1.807) is 7.11 Å². The molecule has 1 unspecified atom stereocenters. The molecule has 1 rings (SSSR count). The van der Waals surface area contributed by atoms with Crippen molar-refractivity contribution in [3.05, 3.63) is 11.4 Å². The minimum atomic E-state index is -0.179. The van der Waals surface area contributed by atoms with Gasteiger partial charge in [-0.2, -0.15) is 4.98 Å². The lowest BCUT2D eigenvalue weighted by molar-refractivity contribution is 0.0880. The third kappa shape index (κ3) is 4.04. The molecule has 0 radical (unpaired) electrons. The number of hydrazine groups is 1. The zero-order chi connectivity index (χ0) is 14.6. The van der Waals surface area contributed by atoms with Gasteiger partial charge in [-0.15, -0.1) is 0 Å². The molecule has 0 fully saturated rings. The van der Waals surface area contributed by atoms with Crippen LogP contribution in [0, 0.1) is 6.92 Å². The van der Waals surface area contributed by atoms with Crippen molar-refractivity contribution in [2.24, 2.45) is 5.84 Å². The maximum absolute atomic E-state index is 5.79. The highest BCUT2D eigenvalue weighted by Crippen LogP contribution is 2.27. The molecule has 1 heterocycles. The number of nitrogens with two attached hydrogens (primary N) is 1. The zero-order valence-electron chi connectivity index (χ0n) is 12.6. The quantitative estimate of drug-likeness (QED) is 0.625. The van der Waals surface area contributed by atoms with E-state index in [9.17, 15) is 0 Å². The molecule has 0 aliphatic carbocycles. The second-order valence-corrected chi connectivity index (χ2v) is 5.60. The average molecular weight is 268 g/mol. The van der Waals surface area contributed by atoms with Crippen molar-refractivity contribution >= 4 is 5.82 Å². The molecule has 0 spiro atoms. The van der Waals surface area contributed by atoms with Gasteiger partial charge in [-0.1, -0.05) is 20.8 Å².